The van der Waals surface area contributed by atoms with Crippen molar-refractivity contribution in [1.29, 1.82) is 0 Å². The molecule has 3 rings (SSSR count). The number of rotatable bonds is 2. The van der Waals surface area contributed by atoms with Crippen molar-refractivity contribution in [3.63, 3.8) is 0 Å². The lowest BCUT2D eigenvalue weighted by Gasteiger charge is -2.34. The van der Waals surface area contributed by atoms with Gasteiger partial charge in [0.15, 0.2) is 5.13 Å². The van der Waals surface area contributed by atoms with Crippen LogP contribution < -0.4 is 10.2 Å². The Balaban J connectivity index is 1.56. The lowest BCUT2D eigenvalue weighted by atomic mass is 9.89. The number of aryl methyl sites for hydroxylation is 1. The fourth-order valence-electron chi connectivity index (χ4n) is 3.09. The minimum Gasteiger partial charge on any atom is -0.348 e. The summed E-state index contributed by atoms with van der Waals surface area (Å²) < 4.78 is 0. The molecule has 0 saturated carbocycles. The van der Waals surface area contributed by atoms with Crippen LogP contribution >= 0.6 is 11.3 Å². The first-order valence-electron chi connectivity index (χ1n) is 6.73. The van der Waals surface area contributed by atoms with Gasteiger partial charge in [-0.2, -0.15) is 0 Å². The van der Waals surface area contributed by atoms with Gasteiger partial charge in [0.05, 0.1) is 5.69 Å². The Morgan fingerprint density at radius 2 is 2.18 bits per heavy atom. The molecular formula is C13H21N3S. The lowest BCUT2D eigenvalue weighted by molar-refractivity contribution is 0.319. The average molecular weight is 251 g/mol. The van der Waals surface area contributed by atoms with E-state index in [4.69, 9.17) is 0 Å². The zero-order valence-electron chi connectivity index (χ0n) is 10.5. The highest BCUT2D eigenvalue weighted by Crippen LogP contribution is 2.29. The Hall–Kier alpha value is -0.610. The number of hydrogen-bond donors (Lipinski definition) is 1. The molecule has 2 fully saturated rings. The maximum absolute atomic E-state index is 4.59. The number of thiazole rings is 1. The summed E-state index contributed by atoms with van der Waals surface area (Å²) >= 11 is 1.79. The third-order valence-corrected chi connectivity index (χ3v) is 5.10. The molecule has 94 valence electrons. The molecule has 0 amide bonds. The molecule has 2 saturated heterocycles. The van der Waals surface area contributed by atoms with E-state index in [1.54, 1.807) is 11.3 Å². The van der Waals surface area contributed by atoms with Crippen LogP contribution in [0.25, 0.3) is 0 Å². The molecule has 0 radical (unpaired) electrons. The molecular weight excluding hydrogens is 230 g/mol. The van der Waals surface area contributed by atoms with E-state index in [-0.39, 0.29) is 0 Å². The van der Waals surface area contributed by atoms with Gasteiger partial charge in [-0.3, -0.25) is 0 Å². The quantitative estimate of drug-likeness (QED) is 0.875. The van der Waals surface area contributed by atoms with Crippen LogP contribution in [0.15, 0.2) is 5.38 Å². The van der Waals surface area contributed by atoms with Crippen molar-refractivity contribution < 1.29 is 0 Å². The van der Waals surface area contributed by atoms with Crippen LogP contribution in [-0.2, 0) is 0 Å². The maximum Gasteiger partial charge on any atom is 0.185 e. The molecule has 4 heteroatoms. The zero-order chi connectivity index (χ0) is 11.7. The van der Waals surface area contributed by atoms with E-state index in [1.807, 2.05) is 0 Å². The van der Waals surface area contributed by atoms with E-state index in [0.717, 1.165) is 17.7 Å². The highest BCUT2D eigenvalue weighted by molar-refractivity contribution is 7.13. The first-order valence-corrected chi connectivity index (χ1v) is 7.61. The third kappa shape index (κ3) is 2.47. The third-order valence-electron chi connectivity index (χ3n) is 4.08. The van der Waals surface area contributed by atoms with Gasteiger partial charge < -0.3 is 10.2 Å². The van der Waals surface area contributed by atoms with Crippen molar-refractivity contribution in [3.8, 4) is 0 Å². The van der Waals surface area contributed by atoms with Gasteiger partial charge in [0.1, 0.15) is 0 Å². The first kappa shape index (κ1) is 11.5. The molecule has 1 unspecified atom stereocenters. The van der Waals surface area contributed by atoms with E-state index in [2.05, 4.69) is 27.5 Å². The first-order chi connectivity index (χ1) is 8.33. The fourth-order valence-corrected chi connectivity index (χ4v) is 3.95. The van der Waals surface area contributed by atoms with Gasteiger partial charge in [-0.05, 0) is 45.1 Å². The highest BCUT2D eigenvalue weighted by Gasteiger charge is 2.28. The number of anilines is 1. The Kier molecular flexibility index (Phi) is 3.34. The predicted octanol–water partition coefficient (Wildman–Crippen LogP) is 2.42. The Morgan fingerprint density at radius 3 is 2.76 bits per heavy atom. The van der Waals surface area contributed by atoms with Crippen LogP contribution in [0.1, 0.15) is 31.4 Å². The van der Waals surface area contributed by atoms with Crippen LogP contribution in [0.5, 0.6) is 0 Å². The van der Waals surface area contributed by atoms with Gasteiger partial charge in [-0.1, -0.05) is 0 Å². The van der Waals surface area contributed by atoms with Crippen molar-refractivity contribution in [3.05, 3.63) is 11.1 Å². The molecule has 1 aromatic rings. The highest BCUT2D eigenvalue weighted by atomic mass is 32.1. The Morgan fingerprint density at radius 1 is 1.35 bits per heavy atom. The molecule has 0 bridgehead atoms. The smallest absolute Gasteiger partial charge is 0.185 e. The zero-order valence-corrected chi connectivity index (χ0v) is 11.3. The molecule has 17 heavy (non-hydrogen) atoms. The molecule has 1 aromatic heterocycles. The van der Waals surface area contributed by atoms with Gasteiger partial charge in [0, 0.05) is 24.5 Å². The maximum atomic E-state index is 4.59. The van der Waals surface area contributed by atoms with Gasteiger partial charge >= 0.3 is 0 Å². The van der Waals surface area contributed by atoms with Crippen molar-refractivity contribution in [1.82, 2.24) is 10.3 Å². The Labute approximate surface area is 107 Å². The standard InChI is InChI=1S/C13H21N3S/c1-10-9-17-13(15-10)16-7-4-11(5-8-16)12-3-2-6-14-12/h9,11-12,14H,2-8H2,1H3. The molecule has 2 aliphatic rings. The van der Waals surface area contributed by atoms with E-state index in [9.17, 15) is 0 Å². The van der Waals surface area contributed by atoms with Crippen LogP contribution in [0, 0.1) is 12.8 Å². The second kappa shape index (κ2) is 4.94. The number of nitrogens with zero attached hydrogens (tertiary/aromatic N) is 2. The van der Waals surface area contributed by atoms with Crippen LogP contribution in [-0.4, -0.2) is 30.7 Å². The largest absolute Gasteiger partial charge is 0.348 e. The number of piperidine rings is 1. The minimum absolute atomic E-state index is 0.801. The molecule has 0 spiro atoms. The number of aromatic nitrogens is 1. The van der Waals surface area contributed by atoms with Crippen molar-refractivity contribution in [2.45, 2.75) is 38.6 Å². The molecule has 3 heterocycles. The second-order valence-electron chi connectivity index (χ2n) is 5.30. The summed E-state index contributed by atoms with van der Waals surface area (Å²) in [7, 11) is 0. The van der Waals surface area contributed by atoms with Crippen LogP contribution in [0.3, 0.4) is 0 Å². The molecule has 0 aromatic carbocycles. The van der Waals surface area contributed by atoms with Crippen LogP contribution in [0.4, 0.5) is 5.13 Å². The lowest BCUT2D eigenvalue weighted by Crippen LogP contribution is -2.40. The van der Waals surface area contributed by atoms with Crippen molar-refractivity contribution >= 4 is 16.5 Å². The minimum atomic E-state index is 0.801. The average Bonchev–Trinajstić information content (AvgIpc) is 3.00. The van der Waals surface area contributed by atoms with Crippen LogP contribution in [0.2, 0.25) is 0 Å². The van der Waals surface area contributed by atoms with Crippen molar-refractivity contribution in [2.24, 2.45) is 5.92 Å². The van der Waals surface area contributed by atoms with Gasteiger partial charge in [-0.15, -0.1) is 11.3 Å². The Bertz CT molecular complexity index is 362. The van der Waals surface area contributed by atoms with Gasteiger partial charge in [-0.25, -0.2) is 4.98 Å². The predicted molar refractivity (Wildman–Crippen MR) is 72.8 cm³/mol. The number of hydrogen-bond acceptors (Lipinski definition) is 4. The number of nitrogens with one attached hydrogen (secondary N) is 1. The van der Waals surface area contributed by atoms with E-state index in [0.29, 0.717) is 0 Å². The molecule has 3 nitrogen and oxygen atoms in total. The van der Waals surface area contributed by atoms with Crippen molar-refractivity contribution in [2.75, 3.05) is 24.5 Å². The fraction of sp³-hybridized carbons (Fsp3) is 0.769. The summed E-state index contributed by atoms with van der Waals surface area (Å²) in [4.78, 5) is 7.05. The van der Waals surface area contributed by atoms with E-state index >= 15 is 0 Å². The summed E-state index contributed by atoms with van der Waals surface area (Å²) in [6.07, 6.45) is 5.42. The summed E-state index contributed by atoms with van der Waals surface area (Å²) in [6.45, 7) is 5.69. The molecule has 1 N–H and O–H groups in total. The molecule has 1 atom stereocenters. The topological polar surface area (TPSA) is 28.2 Å². The second-order valence-corrected chi connectivity index (χ2v) is 6.14. The van der Waals surface area contributed by atoms with E-state index < -0.39 is 0 Å². The summed E-state index contributed by atoms with van der Waals surface area (Å²) in [5, 5.41) is 7.03. The normalized spacial score (nSPS) is 26.6. The summed E-state index contributed by atoms with van der Waals surface area (Å²) in [5.41, 5.74) is 1.16. The SMILES string of the molecule is Cc1csc(N2CCC(C3CCCN3)CC2)n1. The molecule has 0 aliphatic carbocycles. The summed E-state index contributed by atoms with van der Waals surface area (Å²) in [6, 6.07) is 0.801. The van der Waals surface area contributed by atoms with E-state index in [1.165, 1.54) is 50.4 Å². The molecule has 2 aliphatic heterocycles. The monoisotopic (exact) mass is 251 g/mol. The van der Waals surface area contributed by atoms with Gasteiger partial charge in [0.25, 0.3) is 0 Å². The summed E-state index contributed by atoms with van der Waals surface area (Å²) in [5.74, 6) is 0.898. The van der Waals surface area contributed by atoms with Gasteiger partial charge in [0.2, 0.25) is 0 Å².